The second-order valence-corrected chi connectivity index (χ2v) is 3.54. The first-order valence-corrected chi connectivity index (χ1v) is 4.76. The van der Waals surface area contributed by atoms with E-state index < -0.39 is 0 Å². The van der Waals surface area contributed by atoms with Crippen LogP contribution < -0.4 is 4.74 Å². The van der Waals surface area contributed by atoms with Gasteiger partial charge in [-0.25, -0.2) is 0 Å². The van der Waals surface area contributed by atoms with Gasteiger partial charge in [0.25, 0.3) is 0 Å². The number of aromatic nitrogens is 4. The van der Waals surface area contributed by atoms with Crippen molar-refractivity contribution in [2.24, 2.45) is 14.1 Å². The lowest BCUT2D eigenvalue weighted by Gasteiger charge is -2.02. The van der Waals surface area contributed by atoms with Crippen LogP contribution in [0.2, 0.25) is 0 Å². The van der Waals surface area contributed by atoms with Crippen molar-refractivity contribution in [1.82, 2.24) is 19.6 Å². The van der Waals surface area contributed by atoms with Gasteiger partial charge in [0.2, 0.25) is 0 Å². The van der Waals surface area contributed by atoms with Crippen LogP contribution in [0.1, 0.15) is 11.4 Å². The van der Waals surface area contributed by atoms with Crippen LogP contribution in [-0.4, -0.2) is 19.6 Å². The zero-order valence-electron chi connectivity index (χ0n) is 9.14. The minimum absolute atomic E-state index is 0.517. The van der Waals surface area contributed by atoms with Gasteiger partial charge in [0, 0.05) is 14.1 Å². The SMILES string of the molecule is Cc1cc(COc2cnn(C)c2)n(C)n1. The molecule has 0 N–H and O–H groups in total. The lowest BCUT2D eigenvalue weighted by Crippen LogP contribution is -2.02. The fourth-order valence-corrected chi connectivity index (χ4v) is 1.43. The lowest BCUT2D eigenvalue weighted by molar-refractivity contribution is 0.294. The highest BCUT2D eigenvalue weighted by Gasteiger charge is 2.03. The summed E-state index contributed by atoms with van der Waals surface area (Å²) in [6.45, 7) is 2.48. The Bertz CT molecular complexity index is 458. The van der Waals surface area contributed by atoms with Crippen LogP contribution in [0.4, 0.5) is 0 Å². The van der Waals surface area contributed by atoms with E-state index >= 15 is 0 Å². The minimum Gasteiger partial charge on any atom is -0.484 e. The summed E-state index contributed by atoms with van der Waals surface area (Å²) in [6.07, 6.45) is 3.53. The number of rotatable bonds is 3. The number of ether oxygens (including phenoxy) is 1. The van der Waals surface area contributed by atoms with E-state index in [-0.39, 0.29) is 0 Å². The third-order valence-electron chi connectivity index (χ3n) is 2.17. The molecule has 0 atom stereocenters. The average Bonchev–Trinajstić information content (AvgIpc) is 2.70. The molecule has 2 aromatic heterocycles. The minimum atomic E-state index is 0.517. The Balaban J connectivity index is 2.01. The van der Waals surface area contributed by atoms with E-state index in [1.165, 1.54) is 0 Å². The molecule has 0 aliphatic heterocycles. The highest BCUT2D eigenvalue weighted by atomic mass is 16.5. The monoisotopic (exact) mass is 206 g/mol. The molecule has 0 fully saturated rings. The zero-order valence-corrected chi connectivity index (χ0v) is 9.14. The molecule has 5 heteroatoms. The molecule has 0 unspecified atom stereocenters. The molecule has 2 aromatic rings. The first kappa shape index (κ1) is 9.76. The van der Waals surface area contributed by atoms with Crippen molar-refractivity contribution in [3.05, 3.63) is 29.8 Å². The summed E-state index contributed by atoms with van der Waals surface area (Å²) in [7, 11) is 3.77. The summed E-state index contributed by atoms with van der Waals surface area (Å²) in [5.41, 5.74) is 2.05. The van der Waals surface area contributed by atoms with E-state index in [0.717, 1.165) is 17.1 Å². The standard InChI is InChI=1S/C10H14N4O/c1-8-4-9(14(3)12-8)7-15-10-5-11-13(2)6-10/h4-6H,7H2,1-3H3. The molecule has 2 heterocycles. The van der Waals surface area contributed by atoms with Gasteiger partial charge in [-0.1, -0.05) is 0 Å². The number of aryl methyl sites for hydroxylation is 3. The summed E-state index contributed by atoms with van der Waals surface area (Å²) in [5.74, 6) is 0.774. The van der Waals surface area contributed by atoms with Crippen LogP contribution in [-0.2, 0) is 20.7 Å². The van der Waals surface area contributed by atoms with Crippen LogP contribution in [0.15, 0.2) is 18.5 Å². The van der Waals surface area contributed by atoms with Crippen molar-refractivity contribution in [1.29, 1.82) is 0 Å². The molecule has 0 aliphatic carbocycles. The quantitative estimate of drug-likeness (QED) is 0.753. The number of nitrogens with zero attached hydrogens (tertiary/aromatic N) is 4. The maximum atomic E-state index is 5.56. The van der Waals surface area contributed by atoms with Gasteiger partial charge in [-0.2, -0.15) is 10.2 Å². The third-order valence-corrected chi connectivity index (χ3v) is 2.17. The van der Waals surface area contributed by atoms with Crippen molar-refractivity contribution >= 4 is 0 Å². The van der Waals surface area contributed by atoms with Crippen LogP contribution in [0.5, 0.6) is 5.75 Å². The molecular formula is C10H14N4O. The molecule has 0 saturated heterocycles. The topological polar surface area (TPSA) is 44.9 Å². The third kappa shape index (κ3) is 2.18. The maximum Gasteiger partial charge on any atom is 0.157 e. The molecule has 0 radical (unpaired) electrons. The van der Waals surface area contributed by atoms with Gasteiger partial charge in [0.15, 0.2) is 5.75 Å². The van der Waals surface area contributed by atoms with Gasteiger partial charge in [-0.05, 0) is 13.0 Å². The molecule has 0 bridgehead atoms. The fraction of sp³-hybridized carbons (Fsp3) is 0.400. The first-order valence-electron chi connectivity index (χ1n) is 4.76. The van der Waals surface area contributed by atoms with Crippen LogP contribution in [0, 0.1) is 6.92 Å². The van der Waals surface area contributed by atoms with Gasteiger partial charge < -0.3 is 4.74 Å². The summed E-state index contributed by atoms with van der Waals surface area (Å²) in [6, 6.07) is 2.01. The molecule has 15 heavy (non-hydrogen) atoms. The van der Waals surface area contributed by atoms with E-state index in [1.807, 2.05) is 38.0 Å². The second-order valence-electron chi connectivity index (χ2n) is 3.54. The maximum absolute atomic E-state index is 5.56. The molecule has 0 amide bonds. The Morgan fingerprint density at radius 1 is 1.40 bits per heavy atom. The van der Waals surface area contributed by atoms with Crippen LogP contribution in [0.25, 0.3) is 0 Å². The van der Waals surface area contributed by atoms with E-state index in [9.17, 15) is 0 Å². The van der Waals surface area contributed by atoms with Crippen molar-refractivity contribution in [3.63, 3.8) is 0 Å². The number of hydrogen-bond donors (Lipinski definition) is 0. The Morgan fingerprint density at radius 2 is 2.20 bits per heavy atom. The highest BCUT2D eigenvalue weighted by molar-refractivity contribution is 5.13. The normalized spacial score (nSPS) is 10.6. The van der Waals surface area contributed by atoms with Gasteiger partial charge in [0.05, 0.1) is 23.8 Å². The second kappa shape index (κ2) is 3.76. The van der Waals surface area contributed by atoms with E-state index in [2.05, 4.69) is 10.2 Å². The molecular weight excluding hydrogens is 192 g/mol. The van der Waals surface area contributed by atoms with E-state index in [1.54, 1.807) is 10.9 Å². The number of hydrogen-bond acceptors (Lipinski definition) is 3. The largest absolute Gasteiger partial charge is 0.484 e. The molecule has 0 spiro atoms. The Hall–Kier alpha value is -1.78. The summed E-state index contributed by atoms with van der Waals surface area (Å²) >= 11 is 0. The van der Waals surface area contributed by atoms with E-state index in [4.69, 9.17) is 4.74 Å². The lowest BCUT2D eigenvalue weighted by atomic mass is 10.4. The molecule has 5 nitrogen and oxygen atoms in total. The van der Waals surface area contributed by atoms with E-state index in [0.29, 0.717) is 6.61 Å². The van der Waals surface area contributed by atoms with Crippen molar-refractivity contribution in [2.75, 3.05) is 0 Å². The van der Waals surface area contributed by atoms with Gasteiger partial charge in [0.1, 0.15) is 6.61 Å². The summed E-state index contributed by atoms with van der Waals surface area (Å²) in [5, 5.41) is 8.27. The van der Waals surface area contributed by atoms with Crippen molar-refractivity contribution < 1.29 is 4.74 Å². The van der Waals surface area contributed by atoms with Gasteiger partial charge in [-0.3, -0.25) is 9.36 Å². The predicted octanol–water partition coefficient (Wildman–Crippen LogP) is 1.04. The van der Waals surface area contributed by atoms with Crippen LogP contribution >= 0.6 is 0 Å². The smallest absolute Gasteiger partial charge is 0.157 e. The van der Waals surface area contributed by atoms with Gasteiger partial charge in [-0.15, -0.1) is 0 Å². The molecule has 0 aromatic carbocycles. The highest BCUT2D eigenvalue weighted by Crippen LogP contribution is 2.10. The molecule has 2 rings (SSSR count). The first-order chi connectivity index (χ1) is 7.15. The predicted molar refractivity (Wildman–Crippen MR) is 55.5 cm³/mol. The Morgan fingerprint density at radius 3 is 2.73 bits per heavy atom. The Kier molecular flexibility index (Phi) is 2.45. The summed E-state index contributed by atoms with van der Waals surface area (Å²) < 4.78 is 9.10. The molecule has 0 aliphatic rings. The summed E-state index contributed by atoms with van der Waals surface area (Å²) in [4.78, 5) is 0. The van der Waals surface area contributed by atoms with Crippen molar-refractivity contribution in [2.45, 2.75) is 13.5 Å². The van der Waals surface area contributed by atoms with Gasteiger partial charge >= 0.3 is 0 Å². The molecule has 80 valence electrons. The zero-order chi connectivity index (χ0) is 10.8. The van der Waals surface area contributed by atoms with Crippen LogP contribution in [0.3, 0.4) is 0 Å². The fourth-order valence-electron chi connectivity index (χ4n) is 1.43. The van der Waals surface area contributed by atoms with Crippen molar-refractivity contribution in [3.8, 4) is 5.75 Å². The Labute approximate surface area is 88.3 Å². The molecule has 0 saturated carbocycles. The average molecular weight is 206 g/mol.